The molecule has 0 nitrogen and oxygen atoms in total. The topological polar surface area (TPSA) is 0 Å². The Bertz CT molecular complexity index is 637. The molecule has 0 radical (unpaired) electrons. The van der Waals surface area contributed by atoms with Crippen molar-refractivity contribution < 1.29 is 0 Å². The molecule has 0 fully saturated rings. The zero-order chi connectivity index (χ0) is 12.7. The summed E-state index contributed by atoms with van der Waals surface area (Å²) in [6.45, 7) is 6.65. The highest BCUT2D eigenvalue weighted by molar-refractivity contribution is 7.29. The van der Waals surface area contributed by atoms with Gasteiger partial charge in [0.25, 0.3) is 0 Å². The largest absolute Gasteiger partial charge is 0.140 e. The number of benzene rings is 1. The fourth-order valence-corrected chi connectivity index (χ4v) is 4.45. The monoisotopic (exact) mass is 272 g/mol. The standard InChI is InChI=1S/C16H16S2/c1-10(2)12-4-6-13(7-5-12)14-9-16-15(18-14)8-11(3)17-16/h4-10H,1-3H3. The first-order chi connectivity index (χ1) is 8.63. The second-order valence-electron chi connectivity index (χ2n) is 4.97. The average molecular weight is 272 g/mol. The number of hydrogen-bond donors (Lipinski definition) is 0. The highest BCUT2D eigenvalue weighted by Crippen LogP contribution is 2.38. The van der Waals surface area contributed by atoms with Crippen molar-refractivity contribution in [3.05, 3.63) is 46.8 Å². The molecule has 18 heavy (non-hydrogen) atoms. The summed E-state index contributed by atoms with van der Waals surface area (Å²) in [5.41, 5.74) is 2.75. The second kappa shape index (κ2) is 4.52. The van der Waals surface area contributed by atoms with Gasteiger partial charge in [-0.15, -0.1) is 22.7 Å². The summed E-state index contributed by atoms with van der Waals surface area (Å²) in [5.74, 6) is 0.605. The highest BCUT2D eigenvalue weighted by atomic mass is 32.1. The van der Waals surface area contributed by atoms with E-state index in [2.05, 4.69) is 57.2 Å². The molecular weight excluding hydrogens is 256 g/mol. The Kier molecular flexibility index (Phi) is 3.00. The summed E-state index contributed by atoms with van der Waals surface area (Å²) in [7, 11) is 0. The first-order valence-corrected chi connectivity index (χ1v) is 7.87. The van der Waals surface area contributed by atoms with Crippen LogP contribution in [0.5, 0.6) is 0 Å². The van der Waals surface area contributed by atoms with Crippen molar-refractivity contribution in [1.29, 1.82) is 0 Å². The van der Waals surface area contributed by atoms with Crippen molar-refractivity contribution in [2.45, 2.75) is 26.7 Å². The van der Waals surface area contributed by atoms with E-state index in [-0.39, 0.29) is 0 Å². The molecule has 0 saturated heterocycles. The van der Waals surface area contributed by atoms with E-state index < -0.39 is 0 Å². The molecule has 0 atom stereocenters. The fourth-order valence-electron chi connectivity index (χ4n) is 2.13. The molecule has 0 aliphatic rings. The molecule has 2 aromatic heterocycles. The van der Waals surface area contributed by atoms with Gasteiger partial charge < -0.3 is 0 Å². The number of hydrogen-bond acceptors (Lipinski definition) is 2. The lowest BCUT2D eigenvalue weighted by atomic mass is 10.0. The summed E-state index contributed by atoms with van der Waals surface area (Å²) in [6, 6.07) is 13.6. The fraction of sp³-hybridized carbons (Fsp3) is 0.250. The Hall–Kier alpha value is -1.12. The maximum Gasteiger partial charge on any atom is 0.0459 e. The first-order valence-electron chi connectivity index (χ1n) is 6.24. The molecule has 0 bridgehead atoms. The first kappa shape index (κ1) is 11.9. The van der Waals surface area contributed by atoms with E-state index >= 15 is 0 Å². The van der Waals surface area contributed by atoms with Crippen molar-refractivity contribution in [1.82, 2.24) is 0 Å². The van der Waals surface area contributed by atoms with Gasteiger partial charge in [0.15, 0.2) is 0 Å². The summed E-state index contributed by atoms with van der Waals surface area (Å²) in [4.78, 5) is 2.78. The van der Waals surface area contributed by atoms with Crippen LogP contribution in [-0.2, 0) is 0 Å². The lowest BCUT2D eigenvalue weighted by Gasteiger charge is -2.05. The maximum absolute atomic E-state index is 2.32. The summed E-state index contributed by atoms with van der Waals surface area (Å²) in [5, 5.41) is 0. The SMILES string of the molecule is Cc1cc2sc(-c3ccc(C(C)C)cc3)cc2s1. The van der Waals surface area contributed by atoms with Gasteiger partial charge in [0.1, 0.15) is 0 Å². The molecule has 0 N–H and O–H groups in total. The number of fused-ring (bicyclic) bond motifs is 1. The molecule has 2 heterocycles. The van der Waals surface area contributed by atoms with Gasteiger partial charge in [-0.25, -0.2) is 0 Å². The second-order valence-corrected chi connectivity index (χ2v) is 7.34. The van der Waals surface area contributed by atoms with Crippen molar-refractivity contribution in [3.63, 3.8) is 0 Å². The maximum atomic E-state index is 2.32. The molecule has 2 heteroatoms. The third-order valence-electron chi connectivity index (χ3n) is 3.19. The van der Waals surface area contributed by atoms with Crippen molar-refractivity contribution in [2.75, 3.05) is 0 Å². The Morgan fingerprint density at radius 1 is 0.889 bits per heavy atom. The highest BCUT2D eigenvalue weighted by Gasteiger charge is 2.07. The van der Waals surface area contributed by atoms with E-state index in [1.54, 1.807) is 0 Å². The molecule has 92 valence electrons. The predicted octanol–water partition coefficient (Wildman–Crippen LogP) is 6.06. The molecule has 1 aromatic carbocycles. The van der Waals surface area contributed by atoms with Gasteiger partial charge in [-0.05, 0) is 36.1 Å². The molecule has 0 spiro atoms. The van der Waals surface area contributed by atoms with Gasteiger partial charge in [-0.1, -0.05) is 38.1 Å². The van der Waals surface area contributed by atoms with Gasteiger partial charge in [0.05, 0.1) is 0 Å². The van der Waals surface area contributed by atoms with E-state index in [0.717, 1.165) is 0 Å². The smallest absolute Gasteiger partial charge is 0.0459 e. The Labute approximate surface area is 116 Å². The summed E-state index contributed by atoms with van der Waals surface area (Å²) in [6.07, 6.45) is 0. The van der Waals surface area contributed by atoms with E-state index in [1.807, 2.05) is 22.7 Å². The molecule has 0 aliphatic heterocycles. The molecule has 0 amide bonds. The van der Waals surface area contributed by atoms with Gasteiger partial charge in [0.2, 0.25) is 0 Å². The normalized spacial score (nSPS) is 11.6. The van der Waals surface area contributed by atoms with Crippen LogP contribution in [0, 0.1) is 6.92 Å². The van der Waals surface area contributed by atoms with Crippen LogP contribution in [0.15, 0.2) is 36.4 Å². The molecule has 3 aromatic rings. The molecular formula is C16H16S2. The van der Waals surface area contributed by atoms with Gasteiger partial charge in [-0.3, -0.25) is 0 Å². The van der Waals surface area contributed by atoms with Crippen LogP contribution in [0.4, 0.5) is 0 Å². The quantitative estimate of drug-likeness (QED) is 0.532. The molecule has 0 aliphatic carbocycles. The molecule has 0 unspecified atom stereocenters. The average Bonchev–Trinajstić information content (AvgIpc) is 2.86. The minimum Gasteiger partial charge on any atom is -0.140 e. The summed E-state index contributed by atoms with van der Waals surface area (Å²) >= 11 is 3.78. The lowest BCUT2D eigenvalue weighted by Crippen LogP contribution is -1.85. The molecule has 0 saturated carbocycles. The van der Waals surface area contributed by atoms with Crippen molar-refractivity contribution in [2.24, 2.45) is 0 Å². The number of aryl methyl sites for hydroxylation is 1. The van der Waals surface area contributed by atoms with Crippen LogP contribution in [0.25, 0.3) is 19.8 Å². The minimum atomic E-state index is 0.605. The van der Waals surface area contributed by atoms with E-state index in [1.165, 1.54) is 30.3 Å². The van der Waals surface area contributed by atoms with Crippen LogP contribution in [0.3, 0.4) is 0 Å². The van der Waals surface area contributed by atoms with Crippen LogP contribution >= 0.6 is 22.7 Å². The number of thiophene rings is 2. The van der Waals surface area contributed by atoms with Crippen LogP contribution < -0.4 is 0 Å². The van der Waals surface area contributed by atoms with Gasteiger partial charge in [-0.2, -0.15) is 0 Å². The third kappa shape index (κ3) is 2.11. The predicted molar refractivity (Wildman–Crippen MR) is 84.0 cm³/mol. The Morgan fingerprint density at radius 2 is 1.56 bits per heavy atom. The summed E-state index contributed by atoms with van der Waals surface area (Å²) < 4.78 is 2.83. The zero-order valence-electron chi connectivity index (χ0n) is 10.9. The van der Waals surface area contributed by atoms with Crippen LogP contribution in [-0.4, -0.2) is 0 Å². The van der Waals surface area contributed by atoms with Crippen molar-refractivity contribution in [3.8, 4) is 10.4 Å². The Morgan fingerprint density at radius 3 is 2.17 bits per heavy atom. The van der Waals surface area contributed by atoms with E-state index in [9.17, 15) is 0 Å². The minimum absolute atomic E-state index is 0.605. The van der Waals surface area contributed by atoms with Gasteiger partial charge in [0, 0.05) is 19.2 Å². The lowest BCUT2D eigenvalue weighted by molar-refractivity contribution is 0.867. The van der Waals surface area contributed by atoms with Crippen LogP contribution in [0.1, 0.15) is 30.2 Å². The van der Waals surface area contributed by atoms with E-state index in [0.29, 0.717) is 5.92 Å². The zero-order valence-corrected chi connectivity index (χ0v) is 12.5. The molecule has 3 rings (SSSR count). The van der Waals surface area contributed by atoms with Crippen molar-refractivity contribution >= 4 is 32.1 Å². The van der Waals surface area contributed by atoms with Gasteiger partial charge >= 0.3 is 0 Å². The number of rotatable bonds is 2. The Balaban J connectivity index is 2.00. The van der Waals surface area contributed by atoms with Crippen LogP contribution in [0.2, 0.25) is 0 Å². The third-order valence-corrected chi connectivity index (χ3v) is 5.45. The van der Waals surface area contributed by atoms with E-state index in [4.69, 9.17) is 0 Å².